The molecule has 1 N–H and O–H groups in total. The summed E-state index contributed by atoms with van der Waals surface area (Å²) in [6.45, 7) is 10.9. The molecule has 0 unspecified atom stereocenters. The third-order valence-corrected chi connectivity index (χ3v) is 4.68. The maximum atomic E-state index is 12.3. The van der Waals surface area contributed by atoms with Gasteiger partial charge in [-0.15, -0.1) is 0 Å². The lowest BCUT2D eigenvalue weighted by atomic mass is 9.59. The molecule has 4 nitrogen and oxygen atoms in total. The molecule has 1 aliphatic carbocycles. The number of hydrogen-bond acceptors (Lipinski definition) is 4. The molecule has 0 amide bonds. The molecule has 0 spiro atoms. The lowest BCUT2D eigenvalue weighted by molar-refractivity contribution is -0.165. The molecule has 0 heterocycles. The van der Waals surface area contributed by atoms with E-state index in [2.05, 4.69) is 0 Å². The molecule has 0 bridgehead atoms. The predicted octanol–water partition coefficient (Wildman–Crippen LogP) is 2.63. The highest BCUT2D eigenvalue weighted by atomic mass is 16.5. The summed E-state index contributed by atoms with van der Waals surface area (Å²) in [7, 11) is 0. The monoisotopic (exact) mass is 254 g/mol. The van der Waals surface area contributed by atoms with Crippen molar-refractivity contribution in [2.45, 2.75) is 41.5 Å². The summed E-state index contributed by atoms with van der Waals surface area (Å²) in [6.07, 6.45) is 0. The van der Waals surface area contributed by atoms with E-state index in [1.165, 1.54) is 0 Å². The highest BCUT2D eigenvalue weighted by Crippen LogP contribution is 2.57. The third-order valence-electron chi connectivity index (χ3n) is 4.68. The zero-order valence-electron chi connectivity index (χ0n) is 12.0. The number of aliphatic hydroxyl groups is 1. The maximum Gasteiger partial charge on any atom is 0.320 e. The number of ether oxygens (including phenoxy) is 1. The van der Waals surface area contributed by atoms with Gasteiger partial charge in [0.05, 0.1) is 6.61 Å². The van der Waals surface area contributed by atoms with Gasteiger partial charge in [-0.25, -0.2) is 0 Å². The topological polar surface area (TPSA) is 63.6 Å². The van der Waals surface area contributed by atoms with Gasteiger partial charge in [-0.3, -0.25) is 9.59 Å². The SMILES string of the molecule is CCOC(=O)[C@]1(C)C(=O)C(O)=C(C)[C@]1(C)C(C)C. The van der Waals surface area contributed by atoms with E-state index in [1.807, 2.05) is 20.8 Å². The van der Waals surface area contributed by atoms with E-state index in [4.69, 9.17) is 4.74 Å². The van der Waals surface area contributed by atoms with Crippen molar-refractivity contribution in [1.82, 2.24) is 0 Å². The molecule has 4 heteroatoms. The number of rotatable bonds is 3. The molecule has 18 heavy (non-hydrogen) atoms. The Hall–Kier alpha value is -1.32. The molecular formula is C14H22O4. The Bertz CT molecular complexity index is 422. The molecule has 0 fully saturated rings. The molecular weight excluding hydrogens is 232 g/mol. The van der Waals surface area contributed by atoms with Crippen LogP contribution in [-0.2, 0) is 14.3 Å². The van der Waals surface area contributed by atoms with Gasteiger partial charge in [-0.2, -0.15) is 0 Å². The Morgan fingerprint density at radius 3 is 2.28 bits per heavy atom. The van der Waals surface area contributed by atoms with Crippen LogP contribution in [-0.4, -0.2) is 23.5 Å². The fourth-order valence-electron chi connectivity index (χ4n) is 2.85. The standard InChI is InChI=1S/C14H22O4/c1-7-18-12(17)14(6)11(16)10(15)9(4)13(14,5)8(2)3/h8,15H,7H2,1-6H3/t13-,14-/m0/s1. The molecule has 1 aliphatic rings. The molecule has 2 atom stereocenters. The zero-order valence-corrected chi connectivity index (χ0v) is 12.0. The number of allylic oxidation sites excluding steroid dienone is 2. The summed E-state index contributed by atoms with van der Waals surface area (Å²) >= 11 is 0. The smallest absolute Gasteiger partial charge is 0.320 e. The highest BCUT2D eigenvalue weighted by Gasteiger charge is 2.64. The van der Waals surface area contributed by atoms with Crippen LogP contribution in [0.3, 0.4) is 0 Å². The van der Waals surface area contributed by atoms with Crippen LogP contribution in [0.1, 0.15) is 41.5 Å². The van der Waals surface area contributed by atoms with E-state index in [9.17, 15) is 14.7 Å². The van der Waals surface area contributed by atoms with Crippen LogP contribution in [0.15, 0.2) is 11.3 Å². The second kappa shape index (κ2) is 4.41. The lowest BCUT2D eigenvalue weighted by Gasteiger charge is -2.42. The molecule has 0 radical (unpaired) electrons. The zero-order chi connectivity index (χ0) is 14.3. The van der Waals surface area contributed by atoms with E-state index < -0.39 is 22.6 Å². The van der Waals surface area contributed by atoms with E-state index in [1.54, 1.807) is 20.8 Å². The summed E-state index contributed by atoms with van der Waals surface area (Å²) in [4.78, 5) is 24.5. The van der Waals surface area contributed by atoms with Gasteiger partial charge in [0.25, 0.3) is 0 Å². The van der Waals surface area contributed by atoms with E-state index >= 15 is 0 Å². The first-order valence-corrected chi connectivity index (χ1v) is 6.28. The molecule has 0 aromatic rings. The van der Waals surface area contributed by atoms with Gasteiger partial charge in [0.1, 0.15) is 5.41 Å². The molecule has 0 aromatic heterocycles. The minimum atomic E-state index is -1.34. The number of aliphatic hydroxyl groups excluding tert-OH is 1. The van der Waals surface area contributed by atoms with Crippen LogP contribution >= 0.6 is 0 Å². The second-order valence-electron chi connectivity index (χ2n) is 5.51. The molecule has 0 aromatic carbocycles. The normalized spacial score (nSPS) is 32.3. The van der Waals surface area contributed by atoms with Crippen LogP contribution in [0.25, 0.3) is 0 Å². The Labute approximate surface area is 108 Å². The fraction of sp³-hybridized carbons (Fsp3) is 0.714. The van der Waals surface area contributed by atoms with Gasteiger partial charge in [0.15, 0.2) is 5.76 Å². The summed E-state index contributed by atoms with van der Waals surface area (Å²) in [6, 6.07) is 0. The van der Waals surface area contributed by atoms with Crippen molar-refractivity contribution in [1.29, 1.82) is 0 Å². The number of esters is 1. The van der Waals surface area contributed by atoms with Gasteiger partial charge < -0.3 is 9.84 Å². The van der Waals surface area contributed by atoms with Gasteiger partial charge >= 0.3 is 5.97 Å². The van der Waals surface area contributed by atoms with Gasteiger partial charge in [-0.1, -0.05) is 20.8 Å². The summed E-state index contributed by atoms with van der Waals surface area (Å²) in [5.74, 6) is -1.36. The van der Waals surface area contributed by atoms with Crippen LogP contribution in [0.5, 0.6) is 0 Å². The Balaban J connectivity index is 3.44. The largest absolute Gasteiger partial charge is 0.504 e. The maximum absolute atomic E-state index is 12.3. The number of Topliss-reactive ketones (excluding diaryl/α,β-unsaturated/α-hetero) is 1. The third kappa shape index (κ3) is 1.51. The van der Waals surface area contributed by atoms with Gasteiger partial charge in [-0.05, 0) is 32.3 Å². The average molecular weight is 254 g/mol. The number of carbonyl (C=O) groups excluding carboxylic acids is 2. The molecule has 0 aliphatic heterocycles. The van der Waals surface area contributed by atoms with Crippen LogP contribution in [0.2, 0.25) is 0 Å². The van der Waals surface area contributed by atoms with E-state index in [0.29, 0.717) is 5.57 Å². The van der Waals surface area contributed by atoms with Gasteiger partial charge in [0, 0.05) is 5.41 Å². The minimum absolute atomic E-state index is 0.0282. The lowest BCUT2D eigenvalue weighted by Crippen LogP contribution is -2.49. The second-order valence-corrected chi connectivity index (χ2v) is 5.51. The minimum Gasteiger partial charge on any atom is -0.504 e. The highest BCUT2D eigenvalue weighted by molar-refractivity contribution is 6.14. The van der Waals surface area contributed by atoms with Crippen molar-refractivity contribution < 1.29 is 19.4 Å². The van der Waals surface area contributed by atoms with Crippen molar-refractivity contribution >= 4 is 11.8 Å². The molecule has 0 saturated heterocycles. The molecule has 1 rings (SSSR count). The van der Waals surface area contributed by atoms with Crippen molar-refractivity contribution in [2.75, 3.05) is 6.61 Å². The first-order chi connectivity index (χ1) is 8.15. The van der Waals surface area contributed by atoms with Crippen molar-refractivity contribution in [3.05, 3.63) is 11.3 Å². The Morgan fingerprint density at radius 2 is 1.89 bits per heavy atom. The van der Waals surface area contributed by atoms with Crippen molar-refractivity contribution in [3.8, 4) is 0 Å². The molecule has 0 saturated carbocycles. The Kier molecular flexibility index (Phi) is 3.61. The summed E-state index contributed by atoms with van der Waals surface area (Å²) in [5, 5.41) is 9.93. The first kappa shape index (κ1) is 14.7. The number of hydrogen-bond donors (Lipinski definition) is 1. The first-order valence-electron chi connectivity index (χ1n) is 6.28. The number of carbonyl (C=O) groups is 2. The van der Waals surface area contributed by atoms with Crippen LogP contribution in [0, 0.1) is 16.7 Å². The van der Waals surface area contributed by atoms with E-state index in [-0.39, 0.29) is 18.3 Å². The van der Waals surface area contributed by atoms with E-state index in [0.717, 1.165) is 0 Å². The molecule has 102 valence electrons. The fourth-order valence-corrected chi connectivity index (χ4v) is 2.85. The average Bonchev–Trinajstić information content (AvgIpc) is 2.45. The quantitative estimate of drug-likeness (QED) is 0.621. The summed E-state index contributed by atoms with van der Waals surface area (Å²) < 4.78 is 5.04. The Morgan fingerprint density at radius 1 is 1.39 bits per heavy atom. The van der Waals surface area contributed by atoms with Crippen molar-refractivity contribution in [2.24, 2.45) is 16.7 Å². The summed E-state index contributed by atoms with van der Waals surface area (Å²) in [5.41, 5.74) is -1.50. The predicted molar refractivity (Wildman–Crippen MR) is 68.0 cm³/mol. The van der Waals surface area contributed by atoms with Crippen LogP contribution < -0.4 is 0 Å². The van der Waals surface area contributed by atoms with Crippen molar-refractivity contribution in [3.63, 3.8) is 0 Å². The number of ketones is 1. The van der Waals surface area contributed by atoms with Crippen LogP contribution in [0.4, 0.5) is 0 Å². The van der Waals surface area contributed by atoms with Gasteiger partial charge in [0.2, 0.25) is 5.78 Å².